The predicted octanol–water partition coefficient (Wildman–Crippen LogP) is 2.60. The molecular weight excluding hydrogens is 288 g/mol. The summed E-state index contributed by atoms with van der Waals surface area (Å²) in [5.41, 5.74) is 2.37. The quantitative estimate of drug-likeness (QED) is 0.933. The Balaban J connectivity index is 2.02. The van der Waals surface area contributed by atoms with E-state index >= 15 is 0 Å². The van der Waals surface area contributed by atoms with Gasteiger partial charge in [0.05, 0.1) is 5.54 Å². The Bertz CT molecular complexity index is 661. The fourth-order valence-corrected chi connectivity index (χ4v) is 4.06. The number of hydrogen-bond donors (Lipinski definition) is 1. The van der Waals surface area contributed by atoms with Crippen LogP contribution in [0.1, 0.15) is 62.6 Å². The summed E-state index contributed by atoms with van der Waals surface area (Å²) < 4.78 is 1.91. The number of amides is 1. The molecule has 2 fully saturated rings. The van der Waals surface area contributed by atoms with Crippen LogP contribution in [0.5, 0.6) is 0 Å². The number of carbonyl (C=O) groups excluding carboxylic acids is 1. The number of rotatable bonds is 3. The molecule has 1 spiro atoms. The van der Waals surface area contributed by atoms with Crippen LogP contribution in [0.2, 0.25) is 0 Å². The maximum Gasteiger partial charge on any atom is 0.244 e. The van der Waals surface area contributed by atoms with Gasteiger partial charge in [-0.05, 0) is 31.7 Å². The third-order valence-electron chi connectivity index (χ3n) is 5.40. The van der Waals surface area contributed by atoms with E-state index in [1.807, 2.05) is 29.5 Å². The van der Waals surface area contributed by atoms with E-state index in [4.69, 9.17) is 0 Å². The highest BCUT2D eigenvalue weighted by Crippen LogP contribution is 2.42. The summed E-state index contributed by atoms with van der Waals surface area (Å²) >= 11 is 0. The molecule has 5 heteroatoms. The Morgan fingerprint density at radius 1 is 1.43 bits per heavy atom. The molecule has 1 aliphatic carbocycles. The molecule has 1 atom stereocenters. The second-order valence-corrected chi connectivity index (χ2v) is 7.43. The zero-order valence-corrected chi connectivity index (χ0v) is 14.5. The van der Waals surface area contributed by atoms with Crippen LogP contribution in [0.15, 0.2) is 6.07 Å². The van der Waals surface area contributed by atoms with Crippen molar-refractivity contribution in [1.29, 1.82) is 5.26 Å². The Morgan fingerprint density at radius 3 is 2.61 bits per heavy atom. The molecule has 2 heterocycles. The molecule has 0 aromatic carbocycles. The van der Waals surface area contributed by atoms with Gasteiger partial charge >= 0.3 is 0 Å². The molecule has 23 heavy (non-hydrogen) atoms. The van der Waals surface area contributed by atoms with Crippen LogP contribution in [-0.2, 0) is 11.8 Å². The highest BCUT2D eigenvalue weighted by Gasteiger charge is 2.53. The van der Waals surface area contributed by atoms with Crippen molar-refractivity contribution in [2.24, 2.45) is 13.0 Å². The molecule has 1 amide bonds. The second kappa shape index (κ2) is 5.68. The normalized spacial score (nSPS) is 23.2. The van der Waals surface area contributed by atoms with Crippen LogP contribution in [0.4, 0.5) is 0 Å². The van der Waals surface area contributed by atoms with Gasteiger partial charge in [-0.1, -0.05) is 26.7 Å². The van der Waals surface area contributed by atoms with Gasteiger partial charge in [0.2, 0.25) is 5.91 Å². The Hall–Kier alpha value is -1.80. The molecule has 1 saturated carbocycles. The Labute approximate surface area is 138 Å². The van der Waals surface area contributed by atoms with E-state index in [0.29, 0.717) is 11.6 Å². The van der Waals surface area contributed by atoms with Crippen molar-refractivity contribution in [3.63, 3.8) is 0 Å². The number of carbonyl (C=O) groups is 1. The molecule has 1 N–H and O–H groups in total. The lowest BCUT2D eigenvalue weighted by atomic mass is 9.98. The van der Waals surface area contributed by atoms with Crippen LogP contribution in [-0.4, -0.2) is 27.5 Å². The standard InChI is InChI=1S/C18H26N4O/c1-12(2)11-22-16(15-9-14(10-19)21(4)13(15)3)20-18(17(22)23)7-5-6-8-18/h9,12,16,20H,5-8,11H2,1-4H3. The summed E-state index contributed by atoms with van der Waals surface area (Å²) in [5, 5.41) is 12.9. The van der Waals surface area contributed by atoms with Crippen LogP contribution in [0.25, 0.3) is 0 Å². The molecule has 2 aliphatic rings. The summed E-state index contributed by atoms with van der Waals surface area (Å²) in [5.74, 6) is 0.662. The van der Waals surface area contributed by atoms with Gasteiger partial charge in [0.1, 0.15) is 17.9 Å². The lowest BCUT2D eigenvalue weighted by Gasteiger charge is -2.26. The molecule has 1 aromatic heterocycles. The minimum Gasteiger partial charge on any atom is -0.340 e. The maximum atomic E-state index is 13.1. The highest BCUT2D eigenvalue weighted by molar-refractivity contribution is 5.89. The van der Waals surface area contributed by atoms with Gasteiger partial charge in [0.25, 0.3) is 0 Å². The summed E-state index contributed by atoms with van der Waals surface area (Å²) in [7, 11) is 1.91. The van der Waals surface area contributed by atoms with Crippen molar-refractivity contribution in [1.82, 2.24) is 14.8 Å². The molecule has 5 nitrogen and oxygen atoms in total. The highest BCUT2D eigenvalue weighted by atomic mass is 16.2. The lowest BCUT2D eigenvalue weighted by molar-refractivity contribution is -0.133. The van der Waals surface area contributed by atoms with E-state index in [0.717, 1.165) is 43.5 Å². The van der Waals surface area contributed by atoms with E-state index in [9.17, 15) is 10.1 Å². The Morgan fingerprint density at radius 2 is 2.09 bits per heavy atom. The molecular formula is C18H26N4O. The molecule has 1 aliphatic heterocycles. The summed E-state index contributed by atoms with van der Waals surface area (Å²) in [4.78, 5) is 15.1. The zero-order chi connectivity index (χ0) is 16.8. The van der Waals surface area contributed by atoms with Crippen molar-refractivity contribution in [3.8, 4) is 6.07 Å². The van der Waals surface area contributed by atoms with Gasteiger partial charge < -0.3 is 9.47 Å². The first-order valence-corrected chi connectivity index (χ1v) is 8.54. The van der Waals surface area contributed by atoms with E-state index < -0.39 is 0 Å². The fourth-order valence-electron chi connectivity index (χ4n) is 4.06. The van der Waals surface area contributed by atoms with Crippen molar-refractivity contribution in [3.05, 3.63) is 23.0 Å². The van der Waals surface area contributed by atoms with Crippen LogP contribution < -0.4 is 5.32 Å². The first kappa shape index (κ1) is 16.1. The topological polar surface area (TPSA) is 61.1 Å². The predicted molar refractivity (Wildman–Crippen MR) is 88.5 cm³/mol. The molecule has 3 rings (SSSR count). The average Bonchev–Trinajstić information content (AvgIpc) is 3.16. The van der Waals surface area contributed by atoms with Gasteiger partial charge in [-0.2, -0.15) is 5.26 Å². The minimum absolute atomic E-state index is 0.115. The van der Waals surface area contributed by atoms with Crippen molar-refractivity contribution >= 4 is 5.91 Å². The molecule has 124 valence electrons. The lowest BCUT2D eigenvalue weighted by Crippen LogP contribution is -2.44. The molecule has 1 unspecified atom stereocenters. The average molecular weight is 314 g/mol. The molecule has 0 bridgehead atoms. The zero-order valence-electron chi connectivity index (χ0n) is 14.5. The number of aromatic nitrogens is 1. The number of nitrogens with zero attached hydrogens (tertiary/aromatic N) is 3. The monoisotopic (exact) mass is 314 g/mol. The van der Waals surface area contributed by atoms with E-state index in [1.165, 1.54) is 0 Å². The largest absolute Gasteiger partial charge is 0.340 e. The van der Waals surface area contributed by atoms with Crippen molar-refractivity contribution in [2.75, 3.05) is 6.54 Å². The number of nitrogens with one attached hydrogen (secondary N) is 1. The van der Waals surface area contributed by atoms with E-state index in [-0.39, 0.29) is 17.6 Å². The van der Waals surface area contributed by atoms with Gasteiger partial charge in [-0.25, -0.2) is 0 Å². The van der Waals surface area contributed by atoms with Gasteiger partial charge in [-0.15, -0.1) is 0 Å². The van der Waals surface area contributed by atoms with Crippen LogP contribution >= 0.6 is 0 Å². The van der Waals surface area contributed by atoms with Gasteiger partial charge in [-0.3, -0.25) is 10.1 Å². The molecule has 0 radical (unpaired) electrons. The van der Waals surface area contributed by atoms with E-state index in [1.54, 1.807) is 0 Å². The number of hydrogen-bond acceptors (Lipinski definition) is 3. The molecule has 1 aromatic rings. The Kier molecular flexibility index (Phi) is 3.97. The number of nitriles is 1. The second-order valence-electron chi connectivity index (χ2n) is 7.43. The van der Waals surface area contributed by atoms with Gasteiger partial charge in [0, 0.05) is 24.8 Å². The van der Waals surface area contributed by atoms with Crippen LogP contribution in [0, 0.1) is 24.2 Å². The first-order chi connectivity index (χ1) is 10.9. The summed E-state index contributed by atoms with van der Waals surface area (Å²) in [6.07, 6.45) is 3.95. The summed E-state index contributed by atoms with van der Waals surface area (Å²) in [6, 6.07) is 4.17. The van der Waals surface area contributed by atoms with E-state index in [2.05, 4.69) is 25.2 Å². The summed E-state index contributed by atoms with van der Waals surface area (Å²) in [6.45, 7) is 7.05. The smallest absolute Gasteiger partial charge is 0.244 e. The van der Waals surface area contributed by atoms with Crippen LogP contribution in [0.3, 0.4) is 0 Å². The third kappa shape index (κ3) is 2.46. The molecule has 1 saturated heterocycles. The third-order valence-corrected chi connectivity index (χ3v) is 5.40. The maximum absolute atomic E-state index is 13.1. The first-order valence-electron chi connectivity index (χ1n) is 8.54. The fraction of sp³-hybridized carbons (Fsp3) is 0.667. The van der Waals surface area contributed by atoms with Crippen molar-refractivity contribution in [2.45, 2.75) is 58.2 Å². The SMILES string of the molecule is Cc1c(C2NC3(CCCC3)C(=O)N2CC(C)C)cc(C#N)n1C. The minimum atomic E-state index is -0.380. The van der Waals surface area contributed by atoms with Crippen molar-refractivity contribution < 1.29 is 4.79 Å². The van der Waals surface area contributed by atoms with Gasteiger partial charge in [0.15, 0.2) is 0 Å².